The number of pyridine rings is 1. The van der Waals surface area contributed by atoms with Crippen LogP contribution in [0.25, 0.3) is 10.9 Å². The Morgan fingerprint density at radius 3 is 2.85 bits per heavy atom. The highest BCUT2D eigenvalue weighted by molar-refractivity contribution is 6.01. The number of benzene rings is 1. The summed E-state index contributed by atoms with van der Waals surface area (Å²) in [6, 6.07) is 10.7. The van der Waals surface area contributed by atoms with Crippen molar-refractivity contribution in [1.29, 1.82) is 5.26 Å². The molecule has 3 aromatic rings. The summed E-state index contributed by atoms with van der Waals surface area (Å²) in [7, 11) is 1.58. The van der Waals surface area contributed by atoms with Gasteiger partial charge in [0.2, 0.25) is 5.91 Å². The molecule has 2 atom stereocenters. The maximum atomic E-state index is 13.3. The van der Waals surface area contributed by atoms with E-state index in [1.165, 1.54) is 0 Å². The molecule has 3 N–H and O–H groups in total. The standard InChI is InChI=1S/C25H25N5O3/c1-33-22-4-2-3-19-18(22)10-21(28-19)23(31)29-20(9-15-5-6-15)24(32)30-25(14-26)11-16-7-8-27-13-17(16)12-25/h2-4,7-8,10,13,15,20,28H,5-6,9,11-12H2,1H3,(H,29,31)(H,30,32)/t20-,25-/m0/s1. The molecule has 1 aromatic carbocycles. The number of fused-ring (bicyclic) bond motifs is 2. The van der Waals surface area contributed by atoms with Gasteiger partial charge < -0.3 is 20.4 Å². The molecular formula is C25H25N5O3. The molecule has 8 heteroatoms. The van der Waals surface area contributed by atoms with Gasteiger partial charge in [-0.2, -0.15) is 5.26 Å². The van der Waals surface area contributed by atoms with Gasteiger partial charge in [0.25, 0.3) is 5.91 Å². The summed E-state index contributed by atoms with van der Waals surface area (Å²) >= 11 is 0. The van der Waals surface area contributed by atoms with Crippen molar-refractivity contribution < 1.29 is 14.3 Å². The van der Waals surface area contributed by atoms with Crippen LogP contribution >= 0.6 is 0 Å². The van der Waals surface area contributed by atoms with E-state index in [0.717, 1.165) is 34.9 Å². The normalized spacial score (nSPS) is 20.0. The Kier molecular flexibility index (Phi) is 5.25. The first-order valence-corrected chi connectivity index (χ1v) is 11.1. The molecule has 1 fully saturated rings. The molecule has 0 aliphatic heterocycles. The van der Waals surface area contributed by atoms with Gasteiger partial charge in [0, 0.05) is 36.1 Å². The molecule has 0 unspecified atom stereocenters. The molecule has 2 aromatic heterocycles. The molecular weight excluding hydrogens is 418 g/mol. The molecule has 2 aliphatic carbocycles. The van der Waals surface area contributed by atoms with Crippen LogP contribution in [0.5, 0.6) is 5.75 Å². The van der Waals surface area contributed by atoms with Crippen LogP contribution in [0.2, 0.25) is 0 Å². The Hall–Kier alpha value is -3.86. The first kappa shape index (κ1) is 21.0. The first-order chi connectivity index (χ1) is 16.0. The second-order valence-electron chi connectivity index (χ2n) is 8.99. The summed E-state index contributed by atoms with van der Waals surface area (Å²) in [4.78, 5) is 33.6. The third-order valence-electron chi connectivity index (χ3n) is 6.54. The van der Waals surface area contributed by atoms with Crippen molar-refractivity contribution >= 4 is 22.7 Å². The number of hydrogen-bond acceptors (Lipinski definition) is 5. The molecule has 5 rings (SSSR count). The zero-order valence-electron chi connectivity index (χ0n) is 18.4. The first-order valence-electron chi connectivity index (χ1n) is 11.1. The van der Waals surface area contributed by atoms with Gasteiger partial charge in [-0.25, -0.2) is 0 Å². The maximum Gasteiger partial charge on any atom is 0.268 e. The van der Waals surface area contributed by atoms with Gasteiger partial charge in [-0.15, -0.1) is 0 Å². The molecule has 33 heavy (non-hydrogen) atoms. The molecule has 0 radical (unpaired) electrons. The van der Waals surface area contributed by atoms with Crippen molar-refractivity contribution in [2.45, 2.75) is 43.7 Å². The van der Waals surface area contributed by atoms with Gasteiger partial charge in [0.15, 0.2) is 0 Å². The Bertz CT molecular complexity index is 1250. The number of nitrogens with one attached hydrogen (secondary N) is 3. The predicted molar refractivity (Wildman–Crippen MR) is 122 cm³/mol. The molecule has 2 heterocycles. The van der Waals surface area contributed by atoms with Crippen LogP contribution in [0.3, 0.4) is 0 Å². The number of carbonyl (C=O) groups excluding carboxylic acids is 2. The maximum absolute atomic E-state index is 13.3. The lowest BCUT2D eigenvalue weighted by Crippen LogP contribution is -2.55. The summed E-state index contributed by atoms with van der Waals surface area (Å²) < 4.78 is 5.37. The summed E-state index contributed by atoms with van der Waals surface area (Å²) in [5.74, 6) is 0.387. The van der Waals surface area contributed by atoms with E-state index >= 15 is 0 Å². The lowest BCUT2D eigenvalue weighted by Gasteiger charge is -2.26. The summed E-state index contributed by atoms with van der Waals surface area (Å²) in [6.45, 7) is 0. The third-order valence-corrected chi connectivity index (χ3v) is 6.54. The summed E-state index contributed by atoms with van der Waals surface area (Å²) in [5.41, 5.74) is 2.10. The molecule has 0 saturated heterocycles. The average molecular weight is 444 g/mol. The third kappa shape index (κ3) is 4.14. The van der Waals surface area contributed by atoms with E-state index in [1.54, 1.807) is 25.6 Å². The molecule has 2 amide bonds. The number of aromatic amines is 1. The van der Waals surface area contributed by atoms with E-state index in [-0.39, 0.29) is 11.8 Å². The van der Waals surface area contributed by atoms with Crippen molar-refractivity contribution in [1.82, 2.24) is 20.6 Å². The average Bonchev–Trinajstić information content (AvgIpc) is 3.40. The van der Waals surface area contributed by atoms with Crippen LogP contribution in [0, 0.1) is 17.2 Å². The number of aromatic nitrogens is 2. The van der Waals surface area contributed by atoms with Crippen molar-refractivity contribution in [3.63, 3.8) is 0 Å². The van der Waals surface area contributed by atoms with E-state index in [4.69, 9.17) is 4.74 Å². The fourth-order valence-electron chi connectivity index (χ4n) is 4.60. The zero-order valence-corrected chi connectivity index (χ0v) is 18.4. The Morgan fingerprint density at radius 2 is 2.12 bits per heavy atom. The van der Waals surface area contributed by atoms with Gasteiger partial charge >= 0.3 is 0 Å². The van der Waals surface area contributed by atoms with Crippen molar-refractivity contribution in [2.75, 3.05) is 7.11 Å². The second-order valence-corrected chi connectivity index (χ2v) is 8.99. The lowest BCUT2D eigenvalue weighted by molar-refractivity contribution is -0.124. The lowest BCUT2D eigenvalue weighted by atomic mass is 9.96. The van der Waals surface area contributed by atoms with Gasteiger partial charge in [0.1, 0.15) is 23.0 Å². The monoisotopic (exact) mass is 443 g/mol. The van der Waals surface area contributed by atoms with E-state index in [9.17, 15) is 14.9 Å². The molecule has 2 aliphatic rings. The highest BCUT2D eigenvalue weighted by Crippen LogP contribution is 2.34. The largest absolute Gasteiger partial charge is 0.496 e. The van der Waals surface area contributed by atoms with Crippen LogP contribution < -0.4 is 15.4 Å². The minimum absolute atomic E-state index is 0.328. The number of carbonyl (C=O) groups is 2. The number of amides is 2. The molecule has 168 valence electrons. The zero-order chi connectivity index (χ0) is 23.0. The predicted octanol–water partition coefficient (Wildman–Crippen LogP) is 2.65. The highest BCUT2D eigenvalue weighted by Gasteiger charge is 2.41. The Labute approximate surface area is 191 Å². The van der Waals surface area contributed by atoms with Crippen LogP contribution in [0.15, 0.2) is 42.7 Å². The topological polar surface area (TPSA) is 120 Å². The van der Waals surface area contributed by atoms with E-state index in [0.29, 0.717) is 36.6 Å². The van der Waals surface area contributed by atoms with Crippen molar-refractivity contribution in [3.8, 4) is 11.8 Å². The number of rotatable bonds is 7. The summed E-state index contributed by atoms with van der Waals surface area (Å²) in [5, 5.41) is 16.6. The van der Waals surface area contributed by atoms with Crippen LogP contribution in [-0.2, 0) is 17.6 Å². The van der Waals surface area contributed by atoms with Crippen molar-refractivity contribution in [2.24, 2.45) is 5.92 Å². The quantitative estimate of drug-likeness (QED) is 0.519. The SMILES string of the molecule is COc1cccc2[nH]c(C(=O)N[C@@H](CC3CC3)C(=O)N[C@@]3(C#N)Cc4ccncc4C3)cc12. The molecule has 8 nitrogen and oxygen atoms in total. The Balaban J connectivity index is 1.34. The van der Waals surface area contributed by atoms with Gasteiger partial charge in [0.05, 0.1) is 13.2 Å². The van der Waals surface area contributed by atoms with Crippen molar-refractivity contribution in [3.05, 3.63) is 59.5 Å². The van der Waals surface area contributed by atoms with Gasteiger partial charge in [-0.05, 0) is 47.7 Å². The minimum atomic E-state index is -1.02. The summed E-state index contributed by atoms with van der Waals surface area (Å²) in [6.07, 6.45) is 6.92. The fraction of sp³-hybridized carbons (Fsp3) is 0.360. The molecule has 0 spiro atoms. The number of hydrogen-bond donors (Lipinski definition) is 3. The van der Waals surface area contributed by atoms with Gasteiger partial charge in [-0.3, -0.25) is 14.6 Å². The van der Waals surface area contributed by atoms with Gasteiger partial charge in [-0.1, -0.05) is 18.9 Å². The van der Waals surface area contributed by atoms with E-state index in [2.05, 4.69) is 26.7 Å². The molecule has 1 saturated carbocycles. The number of ether oxygens (including phenoxy) is 1. The number of nitrogens with zero attached hydrogens (tertiary/aromatic N) is 2. The van der Waals surface area contributed by atoms with E-state index < -0.39 is 11.6 Å². The smallest absolute Gasteiger partial charge is 0.268 e. The van der Waals surface area contributed by atoms with Crippen LogP contribution in [0.4, 0.5) is 0 Å². The van der Waals surface area contributed by atoms with Crippen LogP contribution in [-0.4, -0.2) is 40.5 Å². The number of H-pyrrole nitrogens is 1. The Morgan fingerprint density at radius 1 is 1.30 bits per heavy atom. The van der Waals surface area contributed by atoms with E-state index in [1.807, 2.05) is 24.3 Å². The minimum Gasteiger partial charge on any atom is -0.496 e. The fourth-order valence-corrected chi connectivity index (χ4v) is 4.60. The number of nitriles is 1. The second kappa shape index (κ2) is 8.24. The molecule has 0 bridgehead atoms. The van der Waals surface area contributed by atoms with Crippen LogP contribution in [0.1, 0.15) is 40.9 Å². The highest BCUT2D eigenvalue weighted by atomic mass is 16.5. The number of methoxy groups -OCH3 is 1.